The summed E-state index contributed by atoms with van der Waals surface area (Å²) < 4.78 is 30.8. The van der Waals surface area contributed by atoms with Crippen LogP contribution in [0.25, 0.3) is 0 Å². The van der Waals surface area contributed by atoms with Crippen molar-refractivity contribution in [2.45, 2.75) is 71.1 Å². The summed E-state index contributed by atoms with van der Waals surface area (Å²) in [6.45, 7) is 11.3. The van der Waals surface area contributed by atoms with Crippen molar-refractivity contribution in [2.75, 3.05) is 6.54 Å². The van der Waals surface area contributed by atoms with Gasteiger partial charge in [-0.15, -0.1) is 0 Å². The molecule has 38 heavy (non-hydrogen) atoms. The third-order valence-electron chi connectivity index (χ3n) is 7.79. The lowest BCUT2D eigenvalue weighted by Crippen LogP contribution is -2.44. The molecule has 200 valence electrons. The lowest BCUT2D eigenvalue weighted by Gasteiger charge is -2.48. The van der Waals surface area contributed by atoms with E-state index >= 15 is 0 Å². The van der Waals surface area contributed by atoms with Crippen LogP contribution in [0, 0.1) is 10.8 Å². The largest absolute Gasteiger partial charge is 0.379 e. The number of carbonyl (C=O) groups excluding carboxylic acids is 2. The number of Topliss-reactive ketones (excluding diaryl/α,β-unsaturated/α-hetero) is 2. The van der Waals surface area contributed by atoms with Crippen LogP contribution in [0.1, 0.15) is 71.8 Å². The summed E-state index contributed by atoms with van der Waals surface area (Å²) in [5.41, 5.74) is 3.94. The van der Waals surface area contributed by atoms with Gasteiger partial charge in [-0.3, -0.25) is 9.59 Å². The van der Waals surface area contributed by atoms with Crippen LogP contribution in [0.3, 0.4) is 0 Å². The number of allylic oxidation sites excluding steroid dienone is 4. The number of rotatable bonds is 5. The maximum absolute atomic E-state index is 13.7. The van der Waals surface area contributed by atoms with Gasteiger partial charge in [0, 0.05) is 47.8 Å². The van der Waals surface area contributed by atoms with E-state index in [2.05, 4.69) is 39.5 Å². The summed E-state index contributed by atoms with van der Waals surface area (Å²) >= 11 is 0. The fourth-order valence-corrected chi connectivity index (χ4v) is 7.19. The van der Waals surface area contributed by atoms with Crippen molar-refractivity contribution in [1.82, 2.24) is 4.90 Å². The maximum Gasteiger partial charge on any atom is 0.339 e. The van der Waals surface area contributed by atoms with E-state index in [0.29, 0.717) is 30.5 Å². The van der Waals surface area contributed by atoms with Gasteiger partial charge in [0.15, 0.2) is 11.6 Å². The summed E-state index contributed by atoms with van der Waals surface area (Å²) in [6.07, 6.45) is 2.39. The van der Waals surface area contributed by atoms with E-state index in [1.807, 2.05) is 0 Å². The second kappa shape index (κ2) is 9.23. The molecule has 0 saturated heterocycles. The minimum atomic E-state index is -3.98. The Kier molecular flexibility index (Phi) is 6.41. The summed E-state index contributed by atoms with van der Waals surface area (Å²) in [5.74, 6) is -0.124. The molecule has 1 aliphatic heterocycles. The van der Waals surface area contributed by atoms with Crippen LogP contribution in [0.5, 0.6) is 5.75 Å². The third-order valence-corrected chi connectivity index (χ3v) is 9.05. The van der Waals surface area contributed by atoms with Gasteiger partial charge in [-0.25, -0.2) is 0 Å². The SMILES string of the molecule is CCN1C2=C(C(=O)CC(C)(C)C2)C(c2ccc(OS(=O)(=O)c3ccccc3)cc2)C2=C1CC(C)(C)CC2=O. The van der Waals surface area contributed by atoms with E-state index in [1.54, 1.807) is 42.5 Å². The second-order valence-electron chi connectivity index (χ2n) is 12.2. The molecule has 3 aliphatic rings. The zero-order chi connectivity index (χ0) is 27.5. The molecule has 1 heterocycles. The minimum absolute atomic E-state index is 0.0754. The average molecular weight is 534 g/mol. The highest BCUT2D eigenvalue weighted by atomic mass is 32.2. The van der Waals surface area contributed by atoms with Gasteiger partial charge in [0.25, 0.3) is 0 Å². The molecule has 5 rings (SSSR count). The van der Waals surface area contributed by atoms with Gasteiger partial charge in [-0.1, -0.05) is 58.0 Å². The second-order valence-corrected chi connectivity index (χ2v) is 13.7. The normalized spacial score (nSPS) is 21.3. The Morgan fingerprint density at radius 1 is 0.789 bits per heavy atom. The first-order valence-corrected chi connectivity index (χ1v) is 14.6. The monoisotopic (exact) mass is 533 g/mol. The Morgan fingerprint density at radius 3 is 1.76 bits per heavy atom. The van der Waals surface area contributed by atoms with Crippen molar-refractivity contribution in [2.24, 2.45) is 10.8 Å². The van der Waals surface area contributed by atoms with Gasteiger partial charge >= 0.3 is 10.1 Å². The lowest BCUT2D eigenvalue weighted by molar-refractivity contribution is -0.119. The van der Waals surface area contributed by atoms with Gasteiger partial charge in [0.05, 0.1) is 0 Å². The summed E-state index contributed by atoms with van der Waals surface area (Å²) in [6, 6.07) is 14.8. The van der Waals surface area contributed by atoms with Crippen molar-refractivity contribution in [3.8, 4) is 5.75 Å². The van der Waals surface area contributed by atoms with Gasteiger partial charge in [-0.05, 0) is 60.4 Å². The first-order chi connectivity index (χ1) is 17.8. The predicted octanol–water partition coefficient (Wildman–Crippen LogP) is 6.16. The fourth-order valence-electron chi connectivity index (χ4n) is 6.24. The quantitative estimate of drug-likeness (QED) is 0.428. The zero-order valence-electron chi connectivity index (χ0n) is 22.7. The van der Waals surface area contributed by atoms with Crippen LogP contribution in [0.4, 0.5) is 0 Å². The van der Waals surface area contributed by atoms with Crippen molar-refractivity contribution in [3.63, 3.8) is 0 Å². The van der Waals surface area contributed by atoms with Crippen LogP contribution in [-0.2, 0) is 19.7 Å². The van der Waals surface area contributed by atoms with Gasteiger partial charge in [0.1, 0.15) is 10.6 Å². The standard InChI is InChI=1S/C31H35NO5S/c1-6-32-23-16-30(2,3)18-25(33)28(23)27(29-24(32)17-31(4,5)19-26(29)34)20-12-14-21(15-13-20)37-38(35,36)22-10-8-7-9-11-22/h7-15,27H,6,16-19H2,1-5H3. The third kappa shape index (κ3) is 4.73. The van der Waals surface area contributed by atoms with Crippen LogP contribution in [-0.4, -0.2) is 31.4 Å². The minimum Gasteiger partial charge on any atom is -0.379 e. The lowest BCUT2D eigenvalue weighted by atomic mass is 9.63. The topological polar surface area (TPSA) is 80.8 Å². The number of carbonyl (C=O) groups is 2. The van der Waals surface area contributed by atoms with Crippen LogP contribution >= 0.6 is 0 Å². The van der Waals surface area contributed by atoms with Gasteiger partial charge < -0.3 is 9.08 Å². The molecule has 0 saturated carbocycles. The summed E-state index contributed by atoms with van der Waals surface area (Å²) in [5, 5.41) is 0. The molecule has 7 heteroatoms. The van der Waals surface area contributed by atoms with Crippen LogP contribution in [0.2, 0.25) is 0 Å². The van der Waals surface area contributed by atoms with Crippen molar-refractivity contribution < 1.29 is 22.2 Å². The first kappa shape index (κ1) is 26.4. The molecule has 0 atom stereocenters. The molecule has 0 spiro atoms. The molecular formula is C31H35NO5S. The van der Waals surface area contributed by atoms with Crippen molar-refractivity contribution >= 4 is 21.7 Å². The molecule has 2 aliphatic carbocycles. The van der Waals surface area contributed by atoms with E-state index in [0.717, 1.165) is 29.8 Å². The molecule has 2 aromatic rings. The molecule has 2 aromatic carbocycles. The Hall–Kier alpha value is -3.19. The Morgan fingerprint density at radius 2 is 1.29 bits per heavy atom. The average Bonchev–Trinajstić information content (AvgIpc) is 2.82. The Labute approximate surface area is 225 Å². The molecular weight excluding hydrogens is 498 g/mol. The van der Waals surface area contributed by atoms with Gasteiger partial charge in [0.2, 0.25) is 0 Å². The molecule has 0 aromatic heterocycles. The Balaban J connectivity index is 1.59. The molecule has 6 nitrogen and oxygen atoms in total. The molecule has 0 N–H and O–H groups in total. The molecule has 0 fully saturated rings. The summed E-state index contributed by atoms with van der Waals surface area (Å²) in [4.78, 5) is 29.7. The van der Waals surface area contributed by atoms with E-state index < -0.39 is 16.0 Å². The first-order valence-electron chi connectivity index (χ1n) is 13.2. The maximum atomic E-state index is 13.7. The van der Waals surface area contributed by atoms with E-state index in [-0.39, 0.29) is 33.0 Å². The Bertz CT molecular complexity index is 1410. The number of benzene rings is 2. The van der Waals surface area contributed by atoms with Crippen LogP contribution in [0.15, 0.2) is 82.0 Å². The number of ketones is 2. The predicted molar refractivity (Wildman–Crippen MR) is 146 cm³/mol. The van der Waals surface area contributed by atoms with E-state index in [1.165, 1.54) is 12.1 Å². The van der Waals surface area contributed by atoms with E-state index in [4.69, 9.17) is 4.18 Å². The van der Waals surface area contributed by atoms with E-state index in [9.17, 15) is 18.0 Å². The highest BCUT2D eigenvalue weighted by Crippen LogP contribution is 2.54. The van der Waals surface area contributed by atoms with Crippen LogP contribution < -0.4 is 4.18 Å². The number of hydrogen-bond acceptors (Lipinski definition) is 6. The number of hydrogen-bond donors (Lipinski definition) is 0. The molecule has 0 radical (unpaired) electrons. The number of nitrogens with zero attached hydrogens (tertiary/aromatic N) is 1. The van der Waals surface area contributed by atoms with Gasteiger partial charge in [-0.2, -0.15) is 8.42 Å². The highest BCUT2D eigenvalue weighted by Gasteiger charge is 2.48. The van der Waals surface area contributed by atoms with Crippen molar-refractivity contribution in [1.29, 1.82) is 0 Å². The molecule has 0 unspecified atom stereocenters. The smallest absolute Gasteiger partial charge is 0.339 e. The molecule has 0 amide bonds. The molecule has 0 bridgehead atoms. The summed E-state index contributed by atoms with van der Waals surface area (Å²) in [7, 11) is -3.98. The highest BCUT2D eigenvalue weighted by molar-refractivity contribution is 7.87. The fraction of sp³-hybridized carbons (Fsp3) is 0.419. The van der Waals surface area contributed by atoms with Crippen molar-refractivity contribution in [3.05, 3.63) is 82.7 Å². The zero-order valence-corrected chi connectivity index (χ0v) is 23.5.